The number of hydrogen-bond acceptors (Lipinski definition) is 2. The van der Waals surface area contributed by atoms with Gasteiger partial charge in [-0.25, -0.2) is 0 Å². The molecule has 1 rings (SSSR count). The third-order valence-corrected chi connectivity index (χ3v) is 3.24. The van der Waals surface area contributed by atoms with Crippen LogP contribution >= 0.6 is 0 Å². The summed E-state index contributed by atoms with van der Waals surface area (Å²) in [6.07, 6.45) is -4.66. The van der Waals surface area contributed by atoms with Gasteiger partial charge in [-0.1, -0.05) is 6.92 Å². The van der Waals surface area contributed by atoms with Crippen molar-refractivity contribution in [1.82, 2.24) is 4.90 Å². The Kier molecular flexibility index (Phi) is 3.68. The first-order chi connectivity index (χ1) is 7.64. The van der Waals surface area contributed by atoms with Gasteiger partial charge in [0, 0.05) is 12.6 Å². The molecule has 0 saturated carbocycles. The Morgan fingerprint density at radius 3 is 2.24 bits per heavy atom. The van der Waals surface area contributed by atoms with Crippen LogP contribution in [-0.4, -0.2) is 40.6 Å². The second-order valence-electron chi connectivity index (χ2n) is 4.44. The molecule has 1 aliphatic heterocycles. The smallest absolute Gasteiger partial charge is 0.471 e. The van der Waals surface area contributed by atoms with Crippen LogP contribution in [0.5, 0.6) is 0 Å². The lowest BCUT2D eigenvalue weighted by Gasteiger charge is -2.40. The molecule has 0 aromatic carbocycles. The molecule has 17 heavy (non-hydrogen) atoms. The molecule has 1 amide bonds. The Hall–Kier alpha value is -1.27. The van der Waals surface area contributed by atoms with Gasteiger partial charge in [0.25, 0.3) is 0 Å². The van der Waals surface area contributed by atoms with Crippen LogP contribution in [0, 0.1) is 11.8 Å². The van der Waals surface area contributed by atoms with Crippen molar-refractivity contribution in [2.24, 2.45) is 11.8 Å². The first-order valence-corrected chi connectivity index (χ1v) is 5.25. The minimum absolute atomic E-state index is 0.267. The summed E-state index contributed by atoms with van der Waals surface area (Å²) in [7, 11) is 0. The first kappa shape index (κ1) is 13.8. The maximum atomic E-state index is 12.3. The van der Waals surface area contributed by atoms with E-state index in [1.807, 2.05) is 0 Å². The number of hydrogen-bond donors (Lipinski definition) is 1. The van der Waals surface area contributed by atoms with Crippen LogP contribution < -0.4 is 0 Å². The van der Waals surface area contributed by atoms with Crippen molar-refractivity contribution in [3.63, 3.8) is 0 Å². The first-order valence-electron chi connectivity index (χ1n) is 5.25. The molecule has 0 radical (unpaired) electrons. The van der Waals surface area contributed by atoms with Gasteiger partial charge in [-0.15, -0.1) is 0 Å². The summed E-state index contributed by atoms with van der Waals surface area (Å²) in [5.74, 6) is -4.31. The van der Waals surface area contributed by atoms with E-state index in [-0.39, 0.29) is 18.9 Å². The number of carboxylic acid groups (broad SMARTS) is 1. The molecule has 0 spiro atoms. The van der Waals surface area contributed by atoms with Crippen LogP contribution in [-0.2, 0) is 9.59 Å². The Labute approximate surface area is 96.4 Å². The molecule has 1 aliphatic rings. The molecule has 0 aromatic heterocycles. The van der Waals surface area contributed by atoms with Crippen molar-refractivity contribution in [2.45, 2.75) is 32.5 Å². The SMILES string of the molecule is C[C@@H]1C[C@H](C(=O)O)CN(C(=O)C(F)(F)F)[C@@H]1C. The van der Waals surface area contributed by atoms with E-state index >= 15 is 0 Å². The van der Waals surface area contributed by atoms with Gasteiger partial charge in [-0.2, -0.15) is 13.2 Å². The monoisotopic (exact) mass is 253 g/mol. The molecular weight excluding hydrogens is 239 g/mol. The summed E-state index contributed by atoms with van der Waals surface area (Å²) < 4.78 is 37.0. The van der Waals surface area contributed by atoms with Crippen molar-refractivity contribution < 1.29 is 27.9 Å². The summed E-state index contributed by atoms with van der Waals surface area (Å²) in [6.45, 7) is 2.78. The number of carbonyl (C=O) groups is 2. The fourth-order valence-electron chi connectivity index (χ4n) is 2.04. The normalized spacial score (nSPS) is 30.2. The summed E-state index contributed by atoms with van der Waals surface area (Å²) in [5, 5.41) is 8.83. The lowest BCUT2D eigenvalue weighted by Crippen LogP contribution is -2.54. The third kappa shape index (κ3) is 2.89. The zero-order chi connectivity index (χ0) is 13.4. The molecule has 0 unspecified atom stereocenters. The highest BCUT2D eigenvalue weighted by molar-refractivity contribution is 5.83. The zero-order valence-electron chi connectivity index (χ0n) is 9.49. The molecule has 1 N–H and O–H groups in total. The summed E-state index contributed by atoms with van der Waals surface area (Å²) in [4.78, 5) is 22.6. The number of alkyl halides is 3. The molecule has 0 bridgehead atoms. The second kappa shape index (κ2) is 4.54. The largest absolute Gasteiger partial charge is 0.481 e. The molecular formula is C10H14F3NO3. The highest BCUT2D eigenvalue weighted by Crippen LogP contribution is 2.30. The van der Waals surface area contributed by atoms with Crippen molar-refractivity contribution in [3.8, 4) is 0 Å². The Morgan fingerprint density at radius 2 is 1.82 bits per heavy atom. The van der Waals surface area contributed by atoms with Crippen molar-refractivity contribution in [3.05, 3.63) is 0 Å². The molecule has 4 nitrogen and oxygen atoms in total. The molecule has 3 atom stereocenters. The van der Waals surface area contributed by atoms with Crippen LogP contribution in [0.25, 0.3) is 0 Å². The maximum Gasteiger partial charge on any atom is 0.471 e. The van der Waals surface area contributed by atoms with Gasteiger partial charge in [-0.05, 0) is 19.3 Å². The predicted octanol–water partition coefficient (Wildman–Crippen LogP) is 1.51. The lowest BCUT2D eigenvalue weighted by atomic mass is 9.85. The number of carboxylic acids is 1. The number of rotatable bonds is 1. The Balaban J connectivity index is 2.89. The van der Waals surface area contributed by atoms with Crippen LogP contribution in [0.3, 0.4) is 0 Å². The van der Waals surface area contributed by atoms with E-state index in [9.17, 15) is 22.8 Å². The van der Waals surface area contributed by atoms with E-state index in [2.05, 4.69) is 0 Å². The Morgan fingerprint density at radius 1 is 1.29 bits per heavy atom. The maximum absolute atomic E-state index is 12.3. The fraction of sp³-hybridized carbons (Fsp3) is 0.800. The standard InChI is InChI=1S/C10H14F3NO3/c1-5-3-7(8(15)16)4-14(6(5)2)9(17)10(11,12)13/h5-7H,3-4H2,1-2H3,(H,15,16)/t5-,6-,7+/m1/s1. The van der Waals surface area contributed by atoms with Crippen molar-refractivity contribution >= 4 is 11.9 Å². The fourth-order valence-corrected chi connectivity index (χ4v) is 2.04. The number of likely N-dealkylation sites (tertiary alicyclic amines) is 1. The molecule has 1 saturated heterocycles. The molecule has 0 aliphatic carbocycles. The predicted molar refractivity (Wildman–Crippen MR) is 52.1 cm³/mol. The van der Waals surface area contributed by atoms with Crippen molar-refractivity contribution in [2.75, 3.05) is 6.54 Å². The van der Waals surface area contributed by atoms with E-state index < -0.39 is 30.0 Å². The van der Waals surface area contributed by atoms with Gasteiger partial charge in [0.05, 0.1) is 5.92 Å². The van der Waals surface area contributed by atoms with Crippen LogP contribution in [0.15, 0.2) is 0 Å². The zero-order valence-corrected chi connectivity index (χ0v) is 9.49. The van der Waals surface area contributed by atoms with Crippen LogP contribution in [0.1, 0.15) is 20.3 Å². The van der Waals surface area contributed by atoms with Crippen molar-refractivity contribution in [1.29, 1.82) is 0 Å². The van der Waals surface area contributed by atoms with E-state index in [4.69, 9.17) is 5.11 Å². The third-order valence-electron chi connectivity index (χ3n) is 3.24. The van der Waals surface area contributed by atoms with Gasteiger partial charge < -0.3 is 10.0 Å². The average Bonchev–Trinajstić information content (AvgIpc) is 2.19. The van der Waals surface area contributed by atoms with E-state index in [1.165, 1.54) is 6.92 Å². The minimum Gasteiger partial charge on any atom is -0.481 e. The Bertz CT molecular complexity index is 329. The topological polar surface area (TPSA) is 57.6 Å². The molecule has 0 aromatic rings. The summed E-state index contributed by atoms with van der Waals surface area (Å²) in [5.41, 5.74) is 0. The summed E-state index contributed by atoms with van der Waals surface area (Å²) >= 11 is 0. The van der Waals surface area contributed by atoms with Gasteiger partial charge in [-0.3, -0.25) is 9.59 Å². The quantitative estimate of drug-likeness (QED) is 0.770. The molecule has 1 fully saturated rings. The van der Waals surface area contributed by atoms with E-state index in [0.29, 0.717) is 4.90 Å². The molecule has 7 heteroatoms. The number of carbonyl (C=O) groups excluding carboxylic acids is 1. The van der Waals surface area contributed by atoms with Gasteiger partial charge in [0.1, 0.15) is 0 Å². The number of amides is 1. The number of halogens is 3. The van der Waals surface area contributed by atoms with Gasteiger partial charge >= 0.3 is 18.1 Å². The van der Waals surface area contributed by atoms with Crippen LogP contribution in [0.2, 0.25) is 0 Å². The van der Waals surface area contributed by atoms with E-state index in [1.54, 1.807) is 6.92 Å². The molecule has 1 heterocycles. The highest BCUT2D eigenvalue weighted by Gasteiger charge is 2.47. The van der Waals surface area contributed by atoms with Crippen LogP contribution in [0.4, 0.5) is 13.2 Å². The van der Waals surface area contributed by atoms with E-state index in [0.717, 1.165) is 0 Å². The number of aliphatic carboxylic acids is 1. The second-order valence-corrected chi connectivity index (χ2v) is 4.44. The lowest BCUT2D eigenvalue weighted by molar-refractivity contribution is -0.191. The van der Waals surface area contributed by atoms with Gasteiger partial charge in [0.15, 0.2) is 0 Å². The van der Waals surface area contributed by atoms with Gasteiger partial charge in [0.2, 0.25) is 0 Å². The number of nitrogens with zero attached hydrogens (tertiary/aromatic N) is 1. The minimum atomic E-state index is -4.95. The average molecular weight is 253 g/mol. The highest BCUT2D eigenvalue weighted by atomic mass is 19.4. The molecule has 98 valence electrons. The number of piperidine rings is 1. The summed E-state index contributed by atoms with van der Waals surface area (Å²) in [6, 6.07) is -0.597.